The summed E-state index contributed by atoms with van der Waals surface area (Å²) in [7, 11) is 0. The molecule has 88 valence electrons. The highest BCUT2D eigenvalue weighted by atomic mass is 16.3. The number of amides is 1. The van der Waals surface area contributed by atoms with E-state index in [9.17, 15) is 4.79 Å². The third kappa shape index (κ3) is 2.38. The second-order valence-electron chi connectivity index (χ2n) is 4.19. The largest absolute Gasteiger partial charge is 0.459 e. The first kappa shape index (κ1) is 11.5. The molecule has 0 aliphatic heterocycles. The zero-order chi connectivity index (χ0) is 12.4. The van der Waals surface area contributed by atoms with Crippen molar-refractivity contribution in [2.75, 3.05) is 5.32 Å². The van der Waals surface area contributed by atoms with Gasteiger partial charge in [0.1, 0.15) is 0 Å². The average Bonchev–Trinajstić information content (AvgIpc) is 2.72. The number of carbonyl (C=O) groups is 1. The SMILES string of the molecule is Cc1coc(C(=O)Nc2cccc(C)c2C)c1. The van der Waals surface area contributed by atoms with Gasteiger partial charge in [0.15, 0.2) is 5.76 Å². The summed E-state index contributed by atoms with van der Waals surface area (Å²) in [6.07, 6.45) is 1.57. The maximum absolute atomic E-state index is 11.9. The Bertz CT molecular complexity index is 555. The molecular weight excluding hydrogens is 214 g/mol. The molecule has 2 aromatic rings. The van der Waals surface area contributed by atoms with Crippen LogP contribution < -0.4 is 5.32 Å². The standard InChI is InChI=1S/C14H15NO2/c1-9-7-13(17-8-9)14(16)15-12-6-4-5-10(2)11(12)3/h4-8H,1-3H3,(H,15,16). The van der Waals surface area contributed by atoms with Crippen LogP contribution in [0.1, 0.15) is 27.2 Å². The molecule has 0 saturated heterocycles. The predicted octanol–water partition coefficient (Wildman–Crippen LogP) is 3.46. The molecule has 0 atom stereocenters. The van der Waals surface area contributed by atoms with Gasteiger partial charge in [-0.05, 0) is 49.6 Å². The Balaban J connectivity index is 2.21. The Hall–Kier alpha value is -2.03. The van der Waals surface area contributed by atoms with Crippen LogP contribution in [0.5, 0.6) is 0 Å². The van der Waals surface area contributed by atoms with Crippen LogP contribution in [-0.4, -0.2) is 5.91 Å². The summed E-state index contributed by atoms with van der Waals surface area (Å²) in [5.41, 5.74) is 3.99. The Morgan fingerprint density at radius 2 is 2.00 bits per heavy atom. The minimum Gasteiger partial charge on any atom is -0.459 e. The summed E-state index contributed by atoms with van der Waals surface area (Å²) in [5, 5.41) is 2.85. The number of aryl methyl sites for hydroxylation is 2. The van der Waals surface area contributed by atoms with E-state index in [0.717, 1.165) is 22.4 Å². The fourth-order valence-corrected chi connectivity index (χ4v) is 1.62. The lowest BCUT2D eigenvalue weighted by Crippen LogP contribution is -2.12. The fraction of sp³-hybridized carbons (Fsp3) is 0.214. The smallest absolute Gasteiger partial charge is 0.291 e. The van der Waals surface area contributed by atoms with Gasteiger partial charge < -0.3 is 9.73 Å². The Labute approximate surface area is 100 Å². The Morgan fingerprint density at radius 1 is 1.24 bits per heavy atom. The van der Waals surface area contributed by atoms with Crippen LogP contribution in [0.25, 0.3) is 0 Å². The van der Waals surface area contributed by atoms with Gasteiger partial charge in [0.2, 0.25) is 0 Å². The van der Waals surface area contributed by atoms with E-state index in [1.54, 1.807) is 12.3 Å². The molecule has 0 spiro atoms. The highest BCUT2D eigenvalue weighted by molar-refractivity contribution is 6.02. The molecule has 0 unspecified atom stereocenters. The van der Waals surface area contributed by atoms with Crippen molar-refractivity contribution in [3.63, 3.8) is 0 Å². The summed E-state index contributed by atoms with van der Waals surface area (Å²) in [6, 6.07) is 7.55. The third-order valence-corrected chi connectivity index (χ3v) is 2.81. The monoisotopic (exact) mass is 229 g/mol. The van der Waals surface area contributed by atoms with Crippen molar-refractivity contribution in [3.8, 4) is 0 Å². The molecule has 0 bridgehead atoms. The Morgan fingerprint density at radius 3 is 2.65 bits per heavy atom. The first-order valence-electron chi connectivity index (χ1n) is 5.50. The molecular formula is C14H15NO2. The Kier molecular flexibility index (Phi) is 3.00. The van der Waals surface area contributed by atoms with E-state index in [1.807, 2.05) is 39.0 Å². The minimum absolute atomic E-state index is 0.216. The van der Waals surface area contributed by atoms with Crippen molar-refractivity contribution in [2.45, 2.75) is 20.8 Å². The molecule has 0 radical (unpaired) electrons. The molecule has 1 aromatic carbocycles. The number of rotatable bonds is 2. The lowest BCUT2D eigenvalue weighted by atomic mass is 10.1. The van der Waals surface area contributed by atoms with Gasteiger partial charge in [-0.25, -0.2) is 0 Å². The lowest BCUT2D eigenvalue weighted by molar-refractivity contribution is 0.0996. The van der Waals surface area contributed by atoms with E-state index in [2.05, 4.69) is 5.32 Å². The van der Waals surface area contributed by atoms with Crippen molar-refractivity contribution < 1.29 is 9.21 Å². The van der Waals surface area contributed by atoms with Crippen molar-refractivity contribution in [2.24, 2.45) is 0 Å². The third-order valence-electron chi connectivity index (χ3n) is 2.81. The number of nitrogens with one attached hydrogen (secondary N) is 1. The molecule has 2 rings (SSSR count). The van der Waals surface area contributed by atoms with Crippen LogP contribution in [0.3, 0.4) is 0 Å². The van der Waals surface area contributed by atoms with Gasteiger partial charge in [0, 0.05) is 5.69 Å². The number of anilines is 1. The molecule has 0 aliphatic carbocycles. The van der Waals surface area contributed by atoms with Gasteiger partial charge in [-0.2, -0.15) is 0 Å². The molecule has 1 aromatic heterocycles. The molecule has 1 amide bonds. The first-order chi connectivity index (χ1) is 8.08. The second kappa shape index (κ2) is 4.45. The van der Waals surface area contributed by atoms with Crippen molar-refractivity contribution >= 4 is 11.6 Å². The van der Waals surface area contributed by atoms with Gasteiger partial charge in [0.25, 0.3) is 5.91 Å². The number of benzene rings is 1. The molecule has 0 aliphatic rings. The topological polar surface area (TPSA) is 42.2 Å². The molecule has 3 heteroatoms. The summed E-state index contributed by atoms with van der Waals surface area (Å²) in [4.78, 5) is 11.9. The second-order valence-corrected chi connectivity index (χ2v) is 4.19. The molecule has 17 heavy (non-hydrogen) atoms. The van der Waals surface area contributed by atoms with Gasteiger partial charge in [0.05, 0.1) is 6.26 Å². The lowest BCUT2D eigenvalue weighted by Gasteiger charge is -2.08. The van der Waals surface area contributed by atoms with Crippen molar-refractivity contribution in [1.82, 2.24) is 0 Å². The zero-order valence-corrected chi connectivity index (χ0v) is 10.2. The fourth-order valence-electron chi connectivity index (χ4n) is 1.62. The molecule has 3 nitrogen and oxygen atoms in total. The minimum atomic E-state index is -0.216. The summed E-state index contributed by atoms with van der Waals surface area (Å²) < 4.78 is 5.16. The van der Waals surface area contributed by atoms with E-state index < -0.39 is 0 Å². The quantitative estimate of drug-likeness (QED) is 0.856. The predicted molar refractivity (Wildman–Crippen MR) is 67.3 cm³/mol. The van der Waals surface area contributed by atoms with E-state index in [4.69, 9.17) is 4.42 Å². The highest BCUT2D eigenvalue weighted by Crippen LogP contribution is 2.19. The van der Waals surface area contributed by atoms with Crippen LogP contribution in [0.2, 0.25) is 0 Å². The van der Waals surface area contributed by atoms with E-state index in [-0.39, 0.29) is 5.91 Å². The number of hydrogen-bond acceptors (Lipinski definition) is 2. The normalized spacial score (nSPS) is 10.3. The van der Waals surface area contributed by atoms with E-state index in [0.29, 0.717) is 5.76 Å². The number of hydrogen-bond donors (Lipinski definition) is 1. The summed E-state index contributed by atoms with van der Waals surface area (Å²) >= 11 is 0. The van der Waals surface area contributed by atoms with Crippen molar-refractivity contribution in [1.29, 1.82) is 0 Å². The van der Waals surface area contributed by atoms with Gasteiger partial charge in [-0.1, -0.05) is 12.1 Å². The summed E-state index contributed by atoms with van der Waals surface area (Å²) in [5.74, 6) is 0.121. The zero-order valence-electron chi connectivity index (χ0n) is 10.2. The van der Waals surface area contributed by atoms with Crippen LogP contribution in [0, 0.1) is 20.8 Å². The van der Waals surface area contributed by atoms with Crippen molar-refractivity contribution in [3.05, 3.63) is 53.0 Å². The molecule has 1 heterocycles. The van der Waals surface area contributed by atoms with Crippen LogP contribution in [0.4, 0.5) is 5.69 Å². The van der Waals surface area contributed by atoms with E-state index in [1.165, 1.54) is 0 Å². The maximum Gasteiger partial charge on any atom is 0.291 e. The average molecular weight is 229 g/mol. The number of carbonyl (C=O) groups excluding carboxylic acids is 1. The highest BCUT2D eigenvalue weighted by Gasteiger charge is 2.11. The van der Waals surface area contributed by atoms with Crippen LogP contribution in [-0.2, 0) is 0 Å². The van der Waals surface area contributed by atoms with Crippen LogP contribution in [0.15, 0.2) is 34.9 Å². The van der Waals surface area contributed by atoms with Gasteiger partial charge in [-0.3, -0.25) is 4.79 Å². The number of furan rings is 1. The molecule has 0 saturated carbocycles. The summed E-state index contributed by atoms with van der Waals surface area (Å²) in [6.45, 7) is 5.89. The molecule has 0 fully saturated rings. The van der Waals surface area contributed by atoms with Crippen LogP contribution >= 0.6 is 0 Å². The van der Waals surface area contributed by atoms with E-state index >= 15 is 0 Å². The van der Waals surface area contributed by atoms with Gasteiger partial charge in [-0.15, -0.1) is 0 Å². The van der Waals surface area contributed by atoms with Gasteiger partial charge >= 0.3 is 0 Å². The first-order valence-corrected chi connectivity index (χ1v) is 5.50. The molecule has 1 N–H and O–H groups in total. The maximum atomic E-state index is 11.9.